The SMILES string of the molecule is O=C(O)N1CCC(OCc2cc(-c3ccncc3)on2)CC1. The number of pyridine rings is 1. The van der Waals surface area contributed by atoms with Gasteiger partial charge in [-0.3, -0.25) is 4.98 Å². The molecule has 3 heterocycles. The summed E-state index contributed by atoms with van der Waals surface area (Å²) in [5.41, 5.74) is 1.65. The van der Waals surface area contributed by atoms with Crippen LogP contribution in [0.5, 0.6) is 0 Å². The number of carbonyl (C=O) groups is 1. The number of ether oxygens (including phenoxy) is 1. The molecule has 1 aliphatic rings. The van der Waals surface area contributed by atoms with E-state index in [-0.39, 0.29) is 6.10 Å². The molecule has 7 nitrogen and oxygen atoms in total. The lowest BCUT2D eigenvalue weighted by Crippen LogP contribution is -2.40. The molecule has 1 aliphatic heterocycles. The number of hydrogen-bond acceptors (Lipinski definition) is 5. The van der Waals surface area contributed by atoms with Crippen LogP contribution in [0.2, 0.25) is 0 Å². The maximum absolute atomic E-state index is 10.8. The first-order valence-electron chi connectivity index (χ1n) is 7.18. The van der Waals surface area contributed by atoms with Gasteiger partial charge in [-0.05, 0) is 25.0 Å². The minimum absolute atomic E-state index is 0.0664. The van der Waals surface area contributed by atoms with Crippen LogP contribution in [0.15, 0.2) is 35.1 Å². The molecule has 2 aromatic heterocycles. The quantitative estimate of drug-likeness (QED) is 0.933. The molecule has 1 saturated heterocycles. The van der Waals surface area contributed by atoms with E-state index in [2.05, 4.69) is 10.1 Å². The highest BCUT2D eigenvalue weighted by atomic mass is 16.5. The average Bonchev–Trinajstić information content (AvgIpc) is 3.03. The third-order valence-corrected chi connectivity index (χ3v) is 3.70. The van der Waals surface area contributed by atoms with Crippen LogP contribution >= 0.6 is 0 Å². The van der Waals surface area contributed by atoms with Crippen molar-refractivity contribution in [2.75, 3.05) is 13.1 Å². The zero-order chi connectivity index (χ0) is 15.4. The van der Waals surface area contributed by atoms with E-state index >= 15 is 0 Å². The van der Waals surface area contributed by atoms with Crippen molar-refractivity contribution in [1.29, 1.82) is 0 Å². The Labute approximate surface area is 127 Å². The van der Waals surface area contributed by atoms with E-state index in [1.807, 2.05) is 18.2 Å². The summed E-state index contributed by atoms with van der Waals surface area (Å²) in [5, 5.41) is 12.9. The van der Waals surface area contributed by atoms with Crippen LogP contribution in [-0.4, -0.2) is 45.4 Å². The summed E-state index contributed by atoms with van der Waals surface area (Å²) in [4.78, 5) is 16.2. The van der Waals surface area contributed by atoms with Gasteiger partial charge in [-0.2, -0.15) is 0 Å². The average molecular weight is 303 g/mol. The monoisotopic (exact) mass is 303 g/mol. The summed E-state index contributed by atoms with van der Waals surface area (Å²) in [6, 6.07) is 5.56. The van der Waals surface area contributed by atoms with Crippen molar-refractivity contribution >= 4 is 6.09 Å². The van der Waals surface area contributed by atoms with Crippen LogP contribution in [0.4, 0.5) is 4.79 Å². The molecule has 0 saturated carbocycles. The van der Waals surface area contributed by atoms with Gasteiger partial charge in [-0.1, -0.05) is 5.16 Å². The van der Waals surface area contributed by atoms with Gasteiger partial charge in [0.05, 0.1) is 12.7 Å². The predicted molar refractivity (Wildman–Crippen MR) is 77.1 cm³/mol. The number of amides is 1. The second kappa shape index (κ2) is 6.57. The number of piperidine rings is 1. The Kier molecular flexibility index (Phi) is 4.34. The van der Waals surface area contributed by atoms with E-state index in [9.17, 15) is 4.79 Å². The Morgan fingerprint density at radius 3 is 2.77 bits per heavy atom. The van der Waals surface area contributed by atoms with Gasteiger partial charge in [0.15, 0.2) is 5.76 Å². The van der Waals surface area contributed by atoms with Crippen LogP contribution in [0.3, 0.4) is 0 Å². The number of likely N-dealkylation sites (tertiary alicyclic amines) is 1. The number of hydrogen-bond donors (Lipinski definition) is 1. The van der Waals surface area contributed by atoms with Gasteiger partial charge in [0.2, 0.25) is 0 Å². The van der Waals surface area contributed by atoms with Crippen LogP contribution in [0, 0.1) is 0 Å². The summed E-state index contributed by atoms with van der Waals surface area (Å²) in [6.07, 6.45) is 4.02. The molecule has 0 unspecified atom stereocenters. The Hall–Kier alpha value is -2.41. The molecular weight excluding hydrogens is 286 g/mol. The first-order chi connectivity index (χ1) is 10.7. The molecule has 3 rings (SSSR count). The maximum atomic E-state index is 10.8. The van der Waals surface area contributed by atoms with E-state index in [1.54, 1.807) is 12.4 Å². The maximum Gasteiger partial charge on any atom is 0.407 e. The van der Waals surface area contributed by atoms with Crippen molar-refractivity contribution in [1.82, 2.24) is 15.0 Å². The van der Waals surface area contributed by atoms with E-state index in [4.69, 9.17) is 14.4 Å². The molecule has 0 aliphatic carbocycles. The topological polar surface area (TPSA) is 88.7 Å². The smallest absolute Gasteiger partial charge is 0.407 e. The highest BCUT2D eigenvalue weighted by molar-refractivity contribution is 5.65. The van der Waals surface area contributed by atoms with Crippen molar-refractivity contribution in [3.8, 4) is 11.3 Å². The van der Waals surface area contributed by atoms with Gasteiger partial charge >= 0.3 is 6.09 Å². The third kappa shape index (κ3) is 3.43. The van der Waals surface area contributed by atoms with E-state index in [0.717, 1.165) is 11.3 Å². The van der Waals surface area contributed by atoms with Gasteiger partial charge in [-0.25, -0.2) is 4.79 Å². The minimum Gasteiger partial charge on any atom is -0.465 e. The summed E-state index contributed by atoms with van der Waals surface area (Å²) >= 11 is 0. The van der Waals surface area contributed by atoms with Gasteiger partial charge < -0.3 is 19.3 Å². The van der Waals surface area contributed by atoms with Crippen LogP contribution in [-0.2, 0) is 11.3 Å². The fraction of sp³-hybridized carbons (Fsp3) is 0.400. The molecule has 2 aromatic rings. The summed E-state index contributed by atoms with van der Waals surface area (Å²) < 4.78 is 11.1. The predicted octanol–water partition coefficient (Wildman–Crippen LogP) is 2.40. The first kappa shape index (κ1) is 14.5. The van der Waals surface area contributed by atoms with E-state index < -0.39 is 6.09 Å². The van der Waals surface area contributed by atoms with Crippen molar-refractivity contribution in [3.63, 3.8) is 0 Å². The molecule has 0 aromatic carbocycles. The second-order valence-corrected chi connectivity index (χ2v) is 5.20. The molecule has 1 fully saturated rings. The lowest BCUT2D eigenvalue weighted by atomic mass is 10.1. The lowest BCUT2D eigenvalue weighted by Gasteiger charge is -2.29. The molecule has 7 heteroatoms. The lowest BCUT2D eigenvalue weighted by molar-refractivity contribution is -0.00175. The second-order valence-electron chi connectivity index (χ2n) is 5.20. The van der Waals surface area contributed by atoms with Crippen molar-refractivity contribution in [2.24, 2.45) is 0 Å². The zero-order valence-corrected chi connectivity index (χ0v) is 12.0. The number of aromatic nitrogens is 2. The van der Waals surface area contributed by atoms with Gasteiger partial charge in [0, 0.05) is 37.1 Å². The molecule has 0 spiro atoms. The number of nitrogens with zero attached hydrogens (tertiary/aromatic N) is 3. The molecule has 0 bridgehead atoms. The van der Waals surface area contributed by atoms with Crippen molar-refractivity contribution in [3.05, 3.63) is 36.3 Å². The van der Waals surface area contributed by atoms with Crippen LogP contribution in [0.25, 0.3) is 11.3 Å². The Morgan fingerprint density at radius 1 is 1.36 bits per heavy atom. The number of carboxylic acid groups (broad SMARTS) is 1. The fourth-order valence-corrected chi connectivity index (χ4v) is 2.45. The summed E-state index contributed by atoms with van der Waals surface area (Å²) in [6.45, 7) is 1.40. The molecule has 1 N–H and O–H groups in total. The zero-order valence-electron chi connectivity index (χ0n) is 12.0. The highest BCUT2D eigenvalue weighted by Gasteiger charge is 2.22. The van der Waals surface area contributed by atoms with Gasteiger partial charge in [0.1, 0.15) is 5.69 Å². The Bertz CT molecular complexity index is 621. The van der Waals surface area contributed by atoms with Crippen molar-refractivity contribution in [2.45, 2.75) is 25.6 Å². The van der Waals surface area contributed by atoms with Crippen molar-refractivity contribution < 1.29 is 19.2 Å². The minimum atomic E-state index is -0.864. The Balaban J connectivity index is 1.51. The first-order valence-corrected chi connectivity index (χ1v) is 7.18. The van der Waals surface area contributed by atoms with Gasteiger partial charge in [-0.15, -0.1) is 0 Å². The summed E-state index contributed by atoms with van der Waals surface area (Å²) in [5.74, 6) is 0.682. The van der Waals surface area contributed by atoms with E-state index in [1.165, 1.54) is 4.90 Å². The molecule has 22 heavy (non-hydrogen) atoms. The normalized spacial score (nSPS) is 15.9. The van der Waals surface area contributed by atoms with Crippen LogP contribution in [0.1, 0.15) is 18.5 Å². The molecule has 0 radical (unpaired) electrons. The molecule has 116 valence electrons. The third-order valence-electron chi connectivity index (χ3n) is 3.70. The van der Waals surface area contributed by atoms with Gasteiger partial charge in [0.25, 0.3) is 0 Å². The van der Waals surface area contributed by atoms with E-state index in [0.29, 0.717) is 38.3 Å². The fourth-order valence-electron chi connectivity index (χ4n) is 2.45. The standard InChI is InChI=1S/C15H17N3O4/c19-15(20)18-7-3-13(4-8-18)21-10-12-9-14(22-17-12)11-1-5-16-6-2-11/h1-2,5-6,9,13H,3-4,7-8,10H2,(H,19,20). The molecule has 1 amide bonds. The Morgan fingerprint density at radius 2 is 2.09 bits per heavy atom. The summed E-state index contributed by atoms with van der Waals surface area (Å²) in [7, 11) is 0. The van der Waals surface area contributed by atoms with Crippen LogP contribution < -0.4 is 0 Å². The largest absolute Gasteiger partial charge is 0.465 e. The highest BCUT2D eigenvalue weighted by Crippen LogP contribution is 2.21. The molecule has 0 atom stereocenters. The number of rotatable bonds is 4. The molecular formula is C15H17N3O4.